The molecule has 144 valence electrons. The fraction of sp³-hybridized carbons (Fsp3) is 0.769. The maximum atomic E-state index is 5.50. The van der Waals surface area contributed by atoms with Gasteiger partial charge in [-0.3, -0.25) is 0 Å². The van der Waals surface area contributed by atoms with Crippen LogP contribution in [0.15, 0.2) is 0 Å². The van der Waals surface area contributed by atoms with Gasteiger partial charge in [-0.2, -0.15) is 15.0 Å². The van der Waals surface area contributed by atoms with Crippen molar-refractivity contribution in [1.82, 2.24) is 15.0 Å². The summed E-state index contributed by atoms with van der Waals surface area (Å²) in [5.74, 6) is 1.38. The molecule has 1 heterocycles. The van der Waals surface area contributed by atoms with Gasteiger partial charge in [-0.1, -0.05) is 0 Å². The van der Waals surface area contributed by atoms with E-state index in [1.54, 1.807) is 21.3 Å². The van der Waals surface area contributed by atoms with Crippen molar-refractivity contribution in [3.63, 3.8) is 0 Å². The zero-order chi connectivity index (χ0) is 18.5. The van der Waals surface area contributed by atoms with Crippen molar-refractivity contribution in [2.24, 2.45) is 11.5 Å². The maximum Gasteiger partial charge on any atom is 0.500 e. The molecular weight excluding hydrogens is 344 g/mol. The van der Waals surface area contributed by atoms with Crippen LogP contribution in [0, 0.1) is 0 Å². The van der Waals surface area contributed by atoms with Gasteiger partial charge in [0.1, 0.15) is 0 Å². The lowest BCUT2D eigenvalue weighted by molar-refractivity contribution is 0.123. The number of nitrogens with zero attached hydrogens (tertiary/aromatic N) is 3. The molecule has 0 fully saturated rings. The third kappa shape index (κ3) is 7.46. The highest BCUT2D eigenvalue weighted by atomic mass is 28.4. The lowest BCUT2D eigenvalue weighted by Gasteiger charge is -2.24. The van der Waals surface area contributed by atoms with Crippen molar-refractivity contribution < 1.29 is 13.3 Å². The number of nitrogens with two attached hydrogens (primary N) is 2. The highest BCUT2D eigenvalue weighted by Gasteiger charge is 2.36. The summed E-state index contributed by atoms with van der Waals surface area (Å²) < 4.78 is 16.2. The Morgan fingerprint density at radius 3 is 1.52 bits per heavy atom. The van der Waals surface area contributed by atoms with E-state index in [9.17, 15) is 0 Å². The van der Waals surface area contributed by atoms with Gasteiger partial charge in [0, 0.05) is 60.1 Å². The van der Waals surface area contributed by atoms with Gasteiger partial charge in [-0.15, -0.1) is 0 Å². The van der Waals surface area contributed by atoms with Gasteiger partial charge in [0.25, 0.3) is 0 Å². The first-order valence-corrected chi connectivity index (χ1v) is 10.1. The molecule has 1 rings (SSSR count). The van der Waals surface area contributed by atoms with Crippen LogP contribution in [-0.2, 0) is 13.3 Å². The predicted octanol–water partition coefficient (Wildman–Crippen LogP) is -0.707. The summed E-state index contributed by atoms with van der Waals surface area (Å²) >= 11 is 0. The Bertz CT molecular complexity index is 458. The first-order valence-electron chi connectivity index (χ1n) is 8.16. The van der Waals surface area contributed by atoms with Gasteiger partial charge in [0.15, 0.2) is 0 Å². The number of nitrogens with one attached hydrogen (secondary N) is 3. The SMILES string of the molecule is CO[Si](CCCNc1nc(NCCN)nc(NCCN)n1)(OC)OC. The minimum absolute atomic E-state index is 0.455. The van der Waals surface area contributed by atoms with E-state index in [0.29, 0.717) is 56.6 Å². The van der Waals surface area contributed by atoms with E-state index >= 15 is 0 Å². The quantitative estimate of drug-likeness (QED) is 0.207. The van der Waals surface area contributed by atoms with Crippen LogP contribution in [0.4, 0.5) is 17.8 Å². The van der Waals surface area contributed by atoms with Crippen LogP contribution in [0.2, 0.25) is 6.04 Å². The summed E-state index contributed by atoms with van der Waals surface area (Å²) in [4.78, 5) is 12.9. The van der Waals surface area contributed by atoms with Crippen LogP contribution < -0.4 is 27.4 Å². The zero-order valence-electron chi connectivity index (χ0n) is 15.2. The lowest BCUT2D eigenvalue weighted by Crippen LogP contribution is -2.42. The third-order valence-electron chi connectivity index (χ3n) is 3.37. The molecule has 25 heavy (non-hydrogen) atoms. The fourth-order valence-electron chi connectivity index (χ4n) is 2.04. The summed E-state index contributed by atoms with van der Waals surface area (Å²) in [6.45, 7) is 2.75. The number of rotatable bonds is 14. The summed E-state index contributed by atoms with van der Waals surface area (Å²) in [5.41, 5.74) is 11.0. The highest BCUT2D eigenvalue weighted by Crippen LogP contribution is 2.15. The van der Waals surface area contributed by atoms with E-state index in [1.807, 2.05) is 0 Å². The molecule has 7 N–H and O–H groups in total. The number of hydrogen-bond acceptors (Lipinski definition) is 11. The van der Waals surface area contributed by atoms with E-state index in [1.165, 1.54) is 0 Å². The summed E-state index contributed by atoms with van der Waals surface area (Å²) in [5, 5.41) is 9.26. The average Bonchev–Trinajstić information content (AvgIpc) is 2.65. The first kappa shape index (κ1) is 21.5. The number of hydrogen-bond donors (Lipinski definition) is 5. The smallest absolute Gasteiger partial charge is 0.377 e. The van der Waals surface area contributed by atoms with Crippen molar-refractivity contribution in [3.05, 3.63) is 0 Å². The Morgan fingerprint density at radius 1 is 0.760 bits per heavy atom. The van der Waals surface area contributed by atoms with Gasteiger partial charge in [-0.25, -0.2) is 0 Å². The van der Waals surface area contributed by atoms with Crippen LogP contribution in [0.5, 0.6) is 0 Å². The van der Waals surface area contributed by atoms with Crippen molar-refractivity contribution in [2.45, 2.75) is 12.5 Å². The van der Waals surface area contributed by atoms with Gasteiger partial charge < -0.3 is 40.7 Å². The van der Waals surface area contributed by atoms with Crippen LogP contribution in [-0.4, -0.2) is 77.8 Å². The molecular formula is C13H30N8O3Si. The van der Waals surface area contributed by atoms with Crippen LogP contribution >= 0.6 is 0 Å². The molecule has 0 aromatic carbocycles. The minimum Gasteiger partial charge on any atom is -0.377 e. The fourth-order valence-corrected chi connectivity index (χ4v) is 3.76. The van der Waals surface area contributed by atoms with Gasteiger partial charge in [0.05, 0.1) is 0 Å². The van der Waals surface area contributed by atoms with Crippen molar-refractivity contribution in [2.75, 3.05) is 70.0 Å². The van der Waals surface area contributed by atoms with Crippen LogP contribution in [0.3, 0.4) is 0 Å². The third-order valence-corrected chi connectivity index (χ3v) is 6.20. The molecule has 0 bridgehead atoms. The molecule has 11 nitrogen and oxygen atoms in total. The molecule has 12 heteroatoms. The second-order valence-corrected chi connectivity index (χ2v) is 8.15. The molecule has 1 aromatic rings. The van der Waals surface area contributed by atoms with E-state index in [2.05, 4.69) is 30.9 Å². The summed E-state index contributed by atoms with van der Waals surface area (Å²) in [6, 6.07) is 0.686. The first-order chi connectivity index (χ1) is 12.1. The molecule has 0 amide bonds. The molecule has 0 saturated carbocycles. The molecule has 0 aliphatic rings. The topological polar surface area (TPSA) is 154 Å². The monoisotopic (exact) mass is 374 g/mol. The average molecular weight is 375 g/mol. The second kappa shape index (κ2) is 11.9. The summed E-state index contributed by atoms with van der Waals surface area (Å²) in [7, 11) is 2.24. The largest absolute Gasteiger partial charge is 0.500 e. The minimum atomic E-state index is -2.56. The van der Waals surface area contributed by atoms with E-state index in [-0.39, 0.29) is 0 Å². The maximum absolute atomic E-state index is 5.50. The Balaban J connectivity index is 2.63. The van der Waals surface area contributed by atoms with Crippen LogP contribution in [0.25, 0.3) is 0 Å². The molecule has 0 unspecified atom stereocenters. The van der Waals surface area contributed by atoms with E-state index in [0.717, 1.165) is 6.42 Å². The predicted molar refractivity (Wildman–Crippen MR) is 99.6 cm³/mol. The molecule has 0 atom stereocenters. The van der Waals surface area contributed by atoms with Gasteiger partial charge >= 0.3 is 8.80 Å². The highest BCUT2D eigenvalue weighted by molar-refractivity contribution is 6.60. The van der Waals surface area contributed by atoms with Gasteiger partial charge in [-0.05, 0) is 6.42 Å². The normalized spacial score (nSPS) is 11.4. The van der Waals surface area contributed by atoms with Crippen molar-refractivity contribution in [1.29, 1.82) is 0 Å². The van der Waals surface area contributed by atoms with Gasteiger partial charge in [0.2, 0.25) is 17.8 Å². The molecule has 0 aliphatic carbocycles. The number of anilines is 3. The second-order valence-electron chi connectivity index (χ2n) is 5.06. The molecule has 0 spiro atoms. The van der Waals surface area contributed by atoms with E-state index < -0.39 is 8.80 Å². The standard InChI is InChI=1S/C13H30N8O3Si/c1-22-25(23-2,24-3)10-4-7-16-11-19-12(17-8-5-14)21-13(20-11)18-9-6-15/h4-10,14-15H2,1-3H3,(H3,16,17,18,19,20,21). The summed E-state index contributed by atoms with van der Waals surface area (Å²) in [6.07, 6.45) is 0.782. The lowest BCUT2D eigenvalue weighted by atomic mass is 10.5. The number of aromatic nitrogens is 3. The Kier molecular flexibility index (Phi) is 10.2. The van der Waals surface area contributed by atoms with Crippen LogP contribution in [0.1, 0.15) is 6.42 Å². The molecule has 1 aromatic heterocycles. The molecule has 0 aliphatic heterocycles. The van der Waals surface area contributed by atoms with E-state index in [4.69, 9.17) is 24.7 Å². The van der Waals surface area contributed by atoms with Crippen molar-refractivity contribution >= 4 is 26.6 Å². The zero-order valence-corrected chi connectivity index (χ0v) is 16.2. The molecule has 0 saturated heterocycles. The molecule has 0 radical (unpaired) electrons. The Morgan fingerprint density at radius 2 is 1.16 bits per heavy atom. The Hall–Kier alpha value is -1.57. The van der Waals surface area contributed by atoms with Crippen molar-refractivity contribution in [3.8, 4) is 0 Å². The Labute approximate surface area is 149 Å².